The van der Waals surface area contributed by atoms with E-state index in [1.807, 2.05) is 0 Å². The molecule has 1 unspecified atom stereocenters. The molecule has 170 valence electrons. The van der Waals surface area contributed by atoms with Crippen LogP contribution in [0.5, 0.6) is 0 Å². The fourth-order valence-electron chi connectivity index (χ4n) is 3.70. The molecule has 4 N–H and O–H groups in total. The Morgan fingerprint density at radius 3 is 2.47 bits per heavy atom. The molecule has 1 saturated heterocycles. The number of imide groups is 2. The van der Waals surface area contributed by atoms with Gasteiger partial charge in [-0.25, -0.2) is 4.79 Å². The Morgan fingerprint density at radius 1 is 1.19 bits per heavy atom. The number of aliphatic carboxylic acids is 1. The number of carboxylic acids is 1. The summed E-state index contributed by atoms with van der Waals surface area (Å²) in [7, 11) is 0. The summed E-state index contributed by atoms with van der Waals surface area (Å²) in [4.78, 5) is 74.0. The van der Waals surface area contributed by atoms with Crippen LogP contribution in [0.2, 0.25) is 0 Å². The second-order valence-corrected chi connectivity index (χ2v) is 8.73. The lowest BCUT2D eigenvalue weighted by atomic mass is 9.87. The zero-order valence-electron chi connectivity index (χ0n) is 17.9. The number of carboxylic acid groups (broad SMARTS) is 1. The number of fused-ring (bicyclic) bond motifs is 1. The Bertz CT molecular complexity index is 1030. The van der Waals surface area contributed by atoms with E-state index < -0.39 is 53.0 Å². The Kier molecular flexibility index (Phi) is 6.02. The van der Waals surface area contributed by atoms with Gasteiger partial charge in [0.25, 0.3) is 11.8 Å². The molecule has 11 nitrogen and oxygen atoms in total. The van der Waals surface area contributed by atoms with E-state index in [1.54, 1.807) is 20.8 Å². The summed E-state index contributed by atoms with van der Waals surface area (Å²) in [6.07, 6.45) is 0.0400. The molecule has 5 amide bonds. The van der Waals surface area contributed by atoms with Gasteiger partial charge in [-0.3, -0.25) is 34.2 Å². The minimum atomic E-state index is -1.17. The maximum Gasteiger partial charge on any atom is 0.326 e. The molecule has 0 saturated carbocycles. The summed E-state index contributed by atoms with van der Waals surface area (Å²) in [6, 6.07) is 2.24. The highest BCUT2D eigenvalue weighted by Crippen LogP contribution is 2.32. The third kappa shape index (κ3) is 4.32. The maximum atomic E-state index is 13.0. The molecule has 1 aromatic rings. The maximum absolute atomic E-state index is 13.0. The largest absolute Gasteiger partial charge is 0.480 e. The van der Waals surface area contributed by atoms with Crippen LogP contribution in [-0.4, -0.2) is 64.1 Å². The second kappa shape index (κ2) is 8.40. The standard InChI is InChI=1S/C21H24N4O7/c1-21(2,3)16(20(31)32)23-14(27)9-22-11-6-4-5-10-15(11)19(30)25(18(10)29)12-7-8-13(26)24-17(12)28/h4-6,12,16,22H,7-9H2,1-3H3,(H,23,27)(H,31,32)(H,24,26,28)/t12?,16-/m1/s1. The minimum Gasteiger partial charge on any atom is -0.480 e. The van der Waals surface area contributed by atoms with Gasteiger partial charge >= 0.3 is 5.97 Å². The summed E-state index contributed by atoms with van der Waals surface area (Å²) in [5, 5.41) is 16.7. The molecule has 0 aliphatic carbocycles. The van der Waals surface area contributed by atoms with Crippen LogP contribution in [-0.2, 0) is 19.2 Å². The van der Waals surface area contributed by atoms with Crippen molar-refractivity contribution in [3.8, 4) is 0 Å². The molecule has 32 heavy (non-hydrogen) atoms. The summed E-state index contributed by atoms with van der Waals surface area (Å²) in [5.41, 5.74) is -0.433. The van der Waals surface area contributed by atoms with Crippen molar-refractivity contribution in [2.45, 2.75) is 45.7 Å². The molecule has 1 fully saturated rings. The van der Waals surface area contributed by atoms with Gasteiger partial charge < -0.3 is 15.7 Å². The second-order valence-electron chi connectivity index (χ2n) is 8.73. The number of hydrogen-bond acceptors (Lipinski definition) is 7. The Labute approximate surface area is 183 Å². The normalized spacial score (nSPS) is 19.3. The monoisotopic (exact) mass is 444 g/mol. The predicted octanol–water partition coefficient (Wildman–Crippen LogP) is 0.115. The summed E-state index contributed by atoms with van der Waals surface area (Å²) in [6.45, 7) is 4.70. The van der Waals surface area contributed by atoms with Crippen LogP contribution >= 0.6 is 0 Å². The van der Waals surface area contributed by atoms with Gasteiger partial charge in [0.1, 0.15) is 12.1 Å². The van der Waals surface area contributed by atoms with Gasteiger partial charge in [0.15, 0.2) is 0 Å². The van der Waals surface area contributed by atoms with Crippen LogP contribution in [0, 0.1) is 5.41 Å². The van der Waals surface area contributed by atoms with Crippen molar-refractivity contribution in [2.24, 2.45) is 5.41 Å². The molecule has 0 radical (unpaired) electrons. The number of nitrogens with zero attached hydrogens (tertiary/aromatic N) is 1. The number of rotatable bonds is 6. The van der Waals surface area contributed by atoms with Crippen LogP contribution in [0.25, 0.3) is 0 Å². The number of benzene rings is 1. The highest BCUT2D eigenvalue weighted by Gasteiger charge is 2.45. The highest BCUT2D eigenvalue weighted by molar-refractivity contribution is 6.25. The molecule has 11 heteroatoms. The zero-order chi connectivity index (χ0) is 23.8. The van der Waals surface area contributed by atoms with Crippen molar-refractivity contribution in [1.82, 2.24) is 15.5 Å². The van der Waals surface area contributed by atoms with E-state index in [2.05, 4.69) is 16.0 Å². The van der Waals surface area contributed by atoms with E-state index in [-0.39, 0.29) is 36.2 Å². The molecular weight excluding hydrogens is 420 g/mol. The van der Waals surface area contributed by atoms with Crippen LogP contribution in [0.15, 0.2) is 18.2 Å². The fraction of sp³-hybridized carbons (Fsp3) is 0.429. The van der Waals surface area contributed by atoms with Crippen molar-refractivity contribution >= 4 is 41.2 Å². The third-order valence-electron chi connectivity index (χ3n) is 5.33. The summed E-state index contributed by atoms with van der Waals surface area (Å²) in [5.74, 6) is -4.33. The van der Waals surface area contributed by atoms with Crippen molar-refractivity contribution in [2.75, 3.05) is 11.9 Å². The Hall–Kier alpha value is -3.76. The number of nitrogens with one attached hydrogen (secondary N) is 3. The van der Waals surface area contributed by atoms with Crippen LogP contribution in [0.3, 0.4) is 0 Å². The molecule has 2 aliphatic rings. The lowest BCUT2D eigenvalue weighted by Crippen LogP contribution is -2.54. The quantitative estimate of drug-likeness (QED) is 0.450. The molecule has 2 atom stereocenters. The Balaban J connectivity index is 1.76. The van der Waals surface area contributed by atoms with Gasteiger partial charge in [0, 0.05) is 12.1 Å². The predicted molar refractivity (Wildman–Crippen MR) is 111 cm³/mol. The van der Waals surface area contributed by atoms with E-state index in [0.29, 0.717) is 0 Å². The van der Waals surface area contributed by atoms with Crippen molar-refractivity contribution in [1.29, 1.82) is 0 Å². The number of anilines is 1. The molecule has 1 aromatic carbocycles. The first-order chi connectivity index (χ1) is 14.9. The van der Waals surface area contributed by atoms with Gasteiger partial charge in [0.05, 0.1) is 17.7 Å². The van der Waals surface area contributed by atoms with E-state index >= 15 is 0 Å². The number of amides is 5. The lowest BCUT2D eigenvalue weighted by molar-refractivity contribution is -0.144. The molecule has 2 heterocycles. The van der Waals surface area contributed by atoms with Crippen LogP contribution in [0.1, 0.15) is 54.3 Å². The molecule has 2 aliphatic heterocycles. The topological polar surface area (TPSA) is 162 Å². The van der Waals surface area contributed by atoms with E-state index in [4.69, 9.17) is 0 Å². The smallest absolute Gasteiger partial charge is 0.326 e. The van der Waals surface area contributed by atoms with Gasteiger partial charge in [-0.2, -0.15) is 0 Å². The van der Waals surface area contributed by atoms with Crippen molar-refractivity contribution < 1.29 is 33.9 Å². The third-order valence-corrected chi connectivity index (χ3v) is 5.33. The number of carbonyl (C=O) groups is 6. The molecule has 0 aromatic heterocycles. The molecular formula is C21H24N4O7. The van der Waals surface area contributed by atoms with E-state index in [1.165, 1.54) is 18.2 Å². The van der Waals surface area contributed by atoms with Crippen LogP contribution in [0.4, 0.5) is 5.69 Å². The average Bonchev–Trinajstić information content (AvgIpc) is 2.95. The van der Waals surface area contributed by atoms with Gasteiger partial charge in [0.2, 0.25) is 17.7 Å². The lowest BCUT2D eigenvalue weighted by Gasteiger charge is -2.28. The molecule has 0 spiro atoms. The van der Waals surface area contributed by atoms with Crippen molar-refractivity contribution in [3.05, 3.63) is 29.3 Å². The van der Waals surface area contributed by atoms with Gasteiger partial charge in [-0.05, 0) is 24.0 Å². The first-order valence-electron chi connectivity index (χ1n) is 10.0. The SMILES string of the molecule is CC(C)(C)[C@H](NC(=O)CNc1cccc2c1C(=O)N(C1CCC(=O)NC1=O)C2=O)C(=O)O. The first kappa shape index (κ1) is 22.9. The van der Waals surface area contributed by atoms with Crippen LogP contribution < -0.4 is 16.0 Å². The van der Waals surface area contributed by atoms with Gasteiger partial charge in [-0.15, -0.1) is 0 Å². The van der Waals surface area contributed by atoms with Gasteiger partial charge in [-0.1, -0.05) is 26.8 Å². The van der Waals surface area contributed by atoms with E-state index in [9.17, 15) is 33.9 Å². The zero-order valence-corrected chi connectivity index (χ0v) is 17.9. The summed E-state index contributed by atoms with van der Waals surface area (Å²) < 4.78 is 0. The highest BCUT2D eigenvalue weighted by atomic mass is 16.4. The minimum absolute atomic E-state index is 0.00755. The summed E-state index contributed by atoms with van der Waals surface area (Å²) >= 11 is 0. The number of hydrogen-bond donors (Lipinski definition) is 4. The average molecular weight is 444 g/mol. The first-order valence-corrected chi connectivity index (χ1v) is 10.0. The molecule has 0 bridgehead atoms. The molecule has 3 rings (SSSR count). The number of piperidine rings is 1. The fourth-order valence-corrected chi connectivity index (χ4v) is 3.70. The Morgan fingerprint density at radius 2 is 1.88 bits per heavy atom. The van der Waals surface area contributed by atoms with E-state index in [0.717, 1.165) is 4.90 Å². The van der Waals surface area contributed by atoms with Crippen molar-refractivity contribution in [3.63, 3.8) is 0 Å². The number of carbonyl (C=O) groups excluding carboxylic acids is 5.